The van der Waals surface area contributed by atoms with Gasteiger partial charge in [-0.05, 0) is 58.7 Å². The number of hydrogen-bond acceptors (Lipinski definition) is 19. The summed E-state index contributed by atoms with van der Waals surface area (Å²) in [6.45, 7) is -1.82. The second-order valence-electron chi connectivity index (χ2n) is 21.1. The van der Waals surface area contributed by atoms with E-state index in [-0.39, 0.29) is 51.3 Å². The van der Waals surface area contributed by atoms with Gasteiger partial charge in [0.2, 0.25) is 22.4 Å². The van der Waals surface area contributed by atoms with E-state index in [1.54, 1.807) is 146 Å². The third kappa shape index (κ3) is 9.74. The first-order valence-corrected chi connectivity index (χ1v) is 30.2. The molecule has 0 N–H and O–H groups in total. The zero-order chi connectivity index (χ0) is 65.0. The van der Waals surface area contributed by atoms with Crippen molar-refractivity contribution in [2.45, 2.75) is 37.3 Å². The van der Waals surface area contributed by atoms with Crippen LogP contribution in [0.1, 0.15) is 75.7 Å². The molecule has 0 saturated carbocycles. The third-order valence-corrected chi connectivity index (χ3v) is 19.5. The summed E-state index contributed by atoms with van der Waals surface area (Å²) in [4.78, 5) is 102. The number of ketones is 2. The minimum absolute atomic E-state index is 0.0156. The fourth-order valence-electron chi connectivity index (χ4n) is 11.6. The molecule has 0 fully saturated rings. The number of halogens is 4. The Hall–Kier alpha value is -11.9. The summed E-state index contributed by atoms with van der Waals surface area (Å²) < 4.78 is 84.9. The molecule has 0 radical (unpaired) electrons. The van der Waals surface area contributed by atoms with Crippen LogP contribution < -0.4 is 0 Å². The van der Waals surface area contributed by atoms with E-state index in [9.17, 15) is 39.4 Å². The van der Waals surface area contributed by atoms with Crippen molar-refractivity contribution in [1.82, 2.24) is 0 Å². The molecule has 0 amide bonds. The molecule has 6 aromatic carbocycles. The number of Topliss-reactive ketones (excluding diaryl/α,β-unsaturated/α-hetero) is 2. The predicted molar refractivity (Wildman–Crippen MR) is 331 cm³/mol. The monoisotopic (exact) mass is 1290 g/mol. The van der Waals surface area contributed by atoms with Crippen molar-refractivity contribution in [3.63, 3.8) is 0 Å². The van der Waals surface area contributed by atoms with Gasteiger partial charge in [0.05, 0.1) is 24.9 Å². The molecule has 23 heteroatoms. The van der Waals surface area contributed by atoms with Gasteiger partial charge in [-0.1, -0.05) is 121 Å². The average Bonchev–Trinajstić information content (AvgIpc) is 1.50. The zero-order valence-corrected chi connectivity index (χ0v) is 49.8. The van der Waals surface area contributed by atoms with E-state index in [4.69, 9.17) is 23.9 Å². The summed E-state index contributed by atoms with van der Waals surface area (Å²) in [6.07, 6.45) is 1.24. The Kier molecular flexibility index (Phi) is 15.4. The second-order valence-corrected chi connectivity index (χ2v) is 24.2. The van der Waals surface area contributed by atoms with E-state index < -0.39 is 152 Å². The molecule has 0 aliphatic heterocycles. The van der Waals surface area contributed by atoms with Gasteiger partial charge in [-0.25, -0.2) is 27.5 Å². The van der Waals surface area contributed by atoms with Crippen LogP contribution in [0.2, 0.25) is 0 Å². The van der Waals surface area contributed by atoms with Gasteiger partial charge in [-0.3, -0.25) is 28.8 Å². The van der Waals surface area contributed by atoms with Crippen molar-refractivity contribution >= 4 is 113 Å². The van der Waals surface area contributed by atoms with Crippen molar-refractivity contribution in [3.05, 3.63) is 258 Å². The minimum atomic E-state index is -2.95. The second kappa shape index (κ2) is 23.8. The van der Waals surface area contributed by atoms with Crippen LogP contribution in [0.15, 0.2) is 178 Å². The molecule has 13 rings (SSSR count). The summed E-state index contributed by atoms with van der Waals surface area (Å²) in [6, 6.07) is 43.9. The van der Waals surface area contributed by atoms with E-state index in [1.807, 2.05) is 0 Å². The summed E-state index contributed by atoms with van der Waals surface area (Å²) in [5, 5.41) is 40.8. The maximum atomic E-state index is 16.0. The molecule has 4 aliphatic rings. The lowest BCUT2D eigenvalue weighted by Gasteiger charge is -2.28. The molecular formula is C70H34F4N6O10S3. The van der Waals surface area contributed by atoms with Crippen molar-refractivity contribution in [2.75, 3.05) is 0 Å². The van der Waals surface area contributed by atoms with Gasteiger partial charge in [0, 0.05) is 55.0 Å². The van der Waals surface area contributed by atoms with Gasteiger partial charge >= 0.3 is 23.9 Å². The van der Waals surface area contributed by atoms with Crippen LogP contribution >= 0.6 is 34.0 Å². The van der Waals surface area contributed by atoms with Crippen molar-refractivity contribution < 1.29 is 65.3 Å². The molecule has 93 heavy (non-hydrogen) atoms. The molecule has 4 aliphatic carbocycles. The first kappa shape index (κ1) is 60.1. The quantitative estimate of drug-likeness (QED) is 0.0322. The SMILES string of the molecule is N#CC(C#N)=C1C(=NC2=Cc3sc4c5c(sc4c3C2(C(=O)OCc2ccccc2)C(=O)OCc2ccccc2)-c2sc(N=C3C(=O)c4cc(F)c(F)cc4C3=C(C#N)C#N)cc2C5(C(=O)OCc2ccccc2)C(=O)OCc2ccccc2)C(=O)c2cc(F)c(F)cc21. The van der Waals surface area contributed by atoms with Crippen molar-refractivity contribution in [1.29, 1.82) is 21.0 Å². The van der Waals surface area contributed by atoms with Gasteiger partial charge in [-0.2, -0.15) is 21.0 Å². The first-order valence-electron chi connectivity index (χ1n) is 27.7. The number of esters is 4. The largest absolute Gasteiger partial charge is 0.459 e. The fourth-order valence-corrected chi connectivity index (χ4v) is 15.9. The molecule has 9 aromatic rings. The molecule has 16 nitrogen and oxygen atoms in total. The number of hydrogen-bond donors (Lipinski definition) is 0. The number of allylic oxidation sites excluding steroid dienone is 4. The first-order chi connectivity index (χ1) is 45.1. The maximum Gasteiger partial charge on any atom is 0.334 e. The Bertz CT molecular complexity index is 5020. The van der Waals surface area contributed by atoms with E-state index >= 15 is 28.0 Å². The zero-order valence-electron chi connectivity index (χ0n) is 47.3. The third-order valence-electron chi connectivity index (χ3n) is 15.8. The van der Waals surface area contributed by atoms with Crippen LogP contribution in [-0.4, -0.2) is 46.9 Å². The minimum Gasteiger partial charge on any atom is -0.459 e. The highest BCUT2D eigenvalue weighted by Crippen LogP contribution is 2.65. The van der Waals surface area contributed by atoms with Crippen LogP contribution in [0.25, 0.3) is 36.4 Å². The predicted octanol–water partition coefficient (Wildman–Crippen LogP) is 13.3. The molecule has 0 unspecified atom stereocenters. The van der Waals surface area contributed by atoms with Gasteiger partial charge in [-0.15, -0.1) is 34.0 Å². The summed E-state index contributed by atoms with van der Waals surface area (Å²) in [5.41, 5.74) is -10.3. The van der Waals surface area contributed by atoms with Crippen LogP contribution in [0.4, 0.5) is 22.6 Å². The van der Waals surface area contributed by atoms with E-state index in [0.29, 0.717) is 46.5 Å². The Morgan fingerprint density at radius 2 is 0.806 bits per heavy atom. The van der Waals surface area contributed by atoms with Gasteiger partial charge in [0.15, 0.2) is 23.3 Å². The number of carbonyl (C=O) groups excluding carboxylic acids is 6. The summed E-state index contributed by atoms with van der Waals surface area (Å²) in [5.74, 6) is -13.0. The van der Waals surface area contributed by atoms with Crippen LogP contribution in [-0.2, 0) is 75.4 Å². The number of fused-ring (bicyclic) bond motifs is 9. The Balaban J connectivity index is 1.09. The molecule has 0 spiro atoms. The highest BCUT2D eigenvalue weighted by Gasteiger charge is 2.65. The summed E-state index contributed by atoms with van der Waals surface area (Å²) >= 11 is 2.49. The normalized spacial score (nSPS) is 15.0. The highest BCUT2D eigenvalue weighted by atomic mass is 32.1. The van der Waals surface area contributed by atoms with Crippen molar-refractivity contribution in [2.24, 2.45) is 9.98 Å². The lowest BCUT2D eigenvalue weighted by Crippen LogP contribution is -2.46. The van der Waals surface area contributed by atoms with E-state index in [1.165, 1.54) is 12.1 Å². The number of benzene rings is 6. The number of carbonyl (C=O) groups is 6. The van der Waals surface area contributed by atoms with E-state index in [0.717, 1.165) is 34.0 Å². The molecule has 3 aromatic heterocycles. The standard InChI is InChI=1S/C70H34F4N6O10S3/c71-46-21-41-43(23-48(46)73)59(81)57(53(41)39(27-75)28-76)79-51-26-50-55(70(51,67(85)89-33-37-17-9-3-10-18-37)68(86)90-34-38-19-11-4-12-20-38)62-64(91-50)56-63(93-62)61-45(25-52(92-61)80-58-54(40(29-77)30-78)42-22-47(72)49(74)24-44(42)60(58)82)69(56,65(83)87-31-35-13-5-1-6-14-35)66(84)88-32-36-15-7-2-8-16-36/h1-26H,31-34H2. The number of nitrogens with zero attached hydrogens (tertiary/aromatic N) is 6. The highest BCUT2D eigenvalue weighted by molar-refractivity contribution is 7.33. The lowest BCUT2D eigenvalue weighted by atomic mass is 9.78. The Morgan fingerprint density at radius 1 is 0.441 bits per heavy atom. The molecule has 3 heterocycles. The number of thiophene rings is 3. The van der Waals surface area contributed by atoms with Crippen LogP contribution in [0, 0.1) is 68.6 Å². The van der Waals surface area contributed by atoms with Crippen LogP contribution in [0.3, 0.4) is 0 Å². The maximum absolute atomic E-state index is 16.0. The Labute approximate surface area is 535 Å². The van der Waals surface area contributed by atoms with Gasteiger partial charge < -0.3 is 18.9 Å². The number of nitriles is 4. The lowest BCUT2D eigenvalue weighted by molar-refractivity contribution is -0.166. The van der Waals surface area contributed by atoms with E-state index in [2.05, 4.69) is 4.99 Å². The average molecular weight is 1290 g/mol. The molecule has 0 atom stereocenters. The van der Waals surface area contributed by atoms with Gasteiger partial charge in [0.25, 0.3) is 0 Å². The number of ether oxygens (including phenoxy) is 4. The molecule has 450 valence electrons. The van der Waals surface area contributed by atoms with Crippen molar-refractivity contribution in [3.8, 4) is 34.0 Å². The number of aliphatic imine (C=N–C) groups is 2. The molecular weight excluding hydrogens is 1260 g/mol. The fraction of sp³-hybridized carbons (Fsp3) is 0.0857. The molecule has 0 bridgehead atoms. The molecule has 0 saturated heterocycles. The smallest absolute Gasteiger partial charge is 0.334 e. The number of rotatable bonds is 14. The summed E-state index contributed by atoms with van der Waals surface area (Å²) in [7, 11) is 0. The van der Waals surface area contributed by atoms with Crippen LogP contribution in [0.5, 0.6) is 0 Å². The van der Waals surface area contributed by atoms with Gasteiger partial charge in [0.1, 0.15) is 78.3 Å². The topological polar surface area (TPSA) is 259 Å². The Morgan fingerprint density at radius 3 is 1.20 bits per heavy atom.